The Morgan fingerprint density at radius 3 is 2.35 bits per heavy atom. The molecule has 1 aromatic rings. The van der Waals surface area contributed by atoms with Crippen LogP contribution in [0.25, 0.3) is 0 Å². The fourth-order valence-electron chi connectivity index (χ4n) is 1.38. The molecule has 0 saturated heterocycles. The van der Waals surface area contributed by atoms with Gasteiger partial charge in [0.05, 0.1) is 11.1 Å². The third-order valence-electron chi connectivity index (χ3n) is 2.16. The maximum absolute atomic E-state index is 13.5. The van der Waals surface area contributed by atoms with E-state index < -0.39 is 47.4 Å². The molecule has 5 nitrogen and oxygen atoms in total. The smallest absolute Gasteiger partial charge is 0.417 e. The first-order valence-electron chi connectivity index (χ1n) is 4.99. The van der Waals surface area contributed by atoms with Gasteiger partial charge in [-0.15, -0.1) is 0 Å². The molecule has 0 fully saturated rings. The average Bonchev–Trinajstić information content (AvgIpc) is 2.34. The van der Waals surface area contributed by atoms with Crippen molar-refractivity contribution in [2.24, 2.45) is 0 Å². The average molecular weight is 296 g/mol. The van der Waals surface area contributed by atoms with Crippen LogP contribution in [0.1, 0.15) is 15.9 Å². The molecular formula is C11H8F4O5. The second-order valence-electron chi connectivity index (χ2n) is 3.48. The summed E-state index contributed by atoms with van der Waals surface area (Å²) < 4.78 is 60.7. The maximum Gasteiger partial charge on any atom is 0.417 e. The Hall–Kier alpha value is -2.16. The van der Waals surface area contributed by atoms with Crippen molar-refractivity contribution in [3.63, 3.8) is 0 Å². The number of benzene rings is 1. The first-order valence-corrected chi connectivity index (χ1v) is 4.99. The molecule has 0 bridgehead atoms. The minimum Gasteiger partial charge on any atom is -0.475 e. The summed E-state index contributed by atoms with van der Waals surface area (Å²) in [6.45, 7) is -0.655. The van der Waals surface area contributed by atoms with Gasteiger partial charge in [-0.3, -0.25) is 4.79 Å². The SMILES string of the molecule is COCOc1c(F)ccc(C(F)(F)F)c1C(=O)C(=O)O. The van der Waals surface area contributed by atoms with E-state index in [1.165, 1.54) is 0 Å². The number of carboxylic acid groups (broad SMARTS) is 1. The summed E-state index contributed by atoms with van der Waals surface area (Å²) >= 11 is 0. The molecular weight excluding hydrogens is 288 g/mol. The Morgan fingerprint density at radius 1 is 1.30 bits per heavy atom. The lowest BCUT2D eigenvalue weighted by Gasteiger charge is -2.15. The first kappa shape index (κ1) is 15.9. The summed E-state index contributed by atoms with van der Waals surface area (Å²) in [5.74, 6) is -6.51. The van der Waals surface area contributed by atoms with Gasteiger partial charge in [0.2, 0.25) is 0 Å². The van der Waals surface area contributed by atoms with Crippen molar-refractivity contribution in [2.45, 2.75) is 6.18 Å². The summed E-state index contributed by atoms with van der Waals surface area (Å²) in [5, 5.41) is 8.54. The highest BCUT2D eigenvalue weighted by atomic mass is 19.4. The number of ketones is 1. The highest BCUT2D eigenvalue weighted by Gasteiger charge is 2.39. The van der Waals surface area contributed by atoms with E-state index in [1.807, 2.05) is 0 Å². The topological polar surface area (TPSA) is 72.8 Å². The summed E-state index contributed by atoms with van der Waals surface area (Å²) in [4.78, 5) is 22.0. The van der Waals surface area contributed by atoms with Crippen LogP contribution < -0.4 is 4.74 Å². The third kappa shape index (κ3) is 3.23. The van der Waals surface area contributed by atoms with Gasteiger partial charge in [-0.05, 0) is 12.1 Å². The van der Waals surface area contributed by atoms with Gasteiger partial charge in [-0.25, -0.2) is 9.18 Å². The van der Waals surface area contributed by atoms with Crippen LogP contribution in [0, 0.1) is 5.82 Å². The van der Waals surface area contributed by atoms with Crippen molar-refractivity contribution < 1.29 is 41.7 Å². The van der Waals surface area contributed by atoms with Gasteiger partial charge in [-0.2, -0.15) is 13.2 Å². The van der Waals surface area contributed by atoms with Crippen LogP contribution >= 0.6 is 0 Å². The number of ether oxygens (including phenoxy) is 2. The van der Waals surface area contributed by atoms with Crippen LogP contribution in [0.4, 0.5) is 17.6 Å². The fraction of sp³-hybridized carbons (Fsp3) is 0.273. The van der Waals surface area contributed by atoms with Crippen LogP contribution in [-0.2, 0) is 15.7 Å². The van der Waals surface area contributed by atoms with Crippen molar-refractivity contribution in [3.8, 4) is 5.75 Å². The zero-order chi connectivity index (χ0) is 15.5. The molecule has 0 atom stereocenters. The molecule has 0 unspecified atom stereocenters. The van der Waals surface area contributed by atoms with E-state index in [2.05, 4.69) is 9.47 Å². The van der Waals surface area contributed by atoms with Gasteiger partial charge in [0.25, 0.3) is 5.78 Å². The van der Waals surface area contributed by atoms with E-state index in [0.717, 1.165) is 7.11 Å². The molecule has 0 aromatic heterocycles. The quantitative estimate of drug-likeness (QED) is 0.390. The summed E-state index contributed by atoms with van der Waals surface area (Å²) in [7, 11) is 1.12. The minimum atomic E-state index is -5.04. The molecule has 0 radical (unpaired) electrons. The molecule has 1 N–H and O–H groups in total. The Kier molecular flexibility index (Phi) is 4.66. The molecule has 0 aliphatic rings. The number of methoxy groups -OCH3 is 1. The standard InChI is InChI=1S/C11H8F4O5/c1-19-4-20-9-6(12)3-2-5(11(13,14)15)7(9)8(16)10(17)18/h2-3H,4H2,1H3,(H,17,18). The maximum atomic E-state index is 13.5. The number of rotatable bonds is 5. The molecule has 0 aliphatic heterocycles. The van der Waals surface area contributed by atoms with Gasteiger partial charge in [0, 0.05) is 7.11 Å². The Bertz CT molecular complexity index is 538. The van der Waals surface area contributed by atoms with Crippen molar-refractivity contribution in [1.29, 1.82) is 0 Å². The second-order valence-corrected chi connectivity index (χ2v) is 3.48. The molecule has 0 amide bonds. The molecule has 0 saturated carbocycles. The van der Waals surface area contributed by atoms with Gasteiger partial charge < -0.3 is 14.6 Å². The van der Waals surface area contributed by atoms with Crippen LogP contribution in [0.5, 0.6) is 5.75 Å². The molecule has 1 rings (SSSR count). The number of halogens is 4. The van der Waals surface area contributed by atoms with Crippen LogP contribution in [0.15, 0.2) is 12.1 Å². The van der Waals surface area contributed by atoms with E-state index in [-0.39, 0.29) is 6.07 Å². The second kappa shape index (κ2) is 5.87. The van der Waals surface area contributed by atoms with Gasteiger partial charge in [-0.1, -0.05) is 0 Å². The van der Waals surface area contributed by atoms with E-state index >= 15 is 0 Å². The van der Waals surface area contributed by atoms with E-state index in [1.54, 1.807) is 0 Å². The lowest BCUT2D eigenvalue weighted by atomic mass is 10.0. The predicted molar refractivity (Wildman–Crippen MR) is 55.9 cm³/mol. The monoisotopic (exact) mass is 296 g/mol. The Balaban J connectivity index is 3.55. The number of hydrogen-bond donors (Lipinski definition) is 1. The number of aliphatic carboxylic acids is 1. The van der Waals surface area contributed by atoms with Crippen molar-refractivity contribution in [2.75, 3.05) is 13.9 Å². The fourth-order valence-corrected chi connectivity index (χ4v) is 1.38. The number of carboxylic acids is 1. The van der Waals surface area contributed by atoms with Crippen molar-refractivity contribution >= 4 is 11.8 Å². The van der Waals surface area contributed by atoms with Crippen LogP contribution in [0.2, 0.25) is 0 Å². The molecule has 20 heavy (non-hydrogen) atoms. The van der Waals surface area contributed by atoms with Crippen LogP contribution in [-0.4, -0.2) is 30.8 Å². The predicted octanol–water partition coefficient (Wildman–Crippen LogP) is 2.09. The number of carbonyl (C=O) groups is 2. The highest BCUT2D eigenvalue weighted by molar-refractivity contribution is 6.41. The summed E-state index contributed by atoms with van der Waals surface area (Å²) in [5.41, 5.74) is -3.00. The number of hydrogen-bond acceptors (Lipinski definition) is 4. The lowest BCUT2D eigenvalue weighted by Crippen LogP contribution is -2.21. The zero-order valence-electron chi connectivity index (χ0n) is 9.95. The summed E-state index contributed by atoms with van der Waals surface area (Å²) in [6, 6.07) is 0.692. The van der Waals surface area contributed by atoms with Gasteiger partial charge in [0.1, 0.15) is 0 Å². The van der Waals surface area contributed by atoms with Gasteiger partial charge in [0.15, 0.2) is 18.4 Å². The molecule has 9 heteroatoms. The Morgan fingerprint density at radius 2 is 1.90 bits per heavy atom. The van der Waals surface area contributed by atoms with Crippen molar-refractivity contribution in [1.82, 2.24) is 0 Å². The Labute approximate surface area is 109 Å². The van der Waals surface area contributed by atoms with E-state index in [0.29, 0.717) is 6.07 Å². The first-order chi connectivity index (χ1) is 9.20. The summed E-state index contributed by atoms with van der Waals surface area (Å²) in [6.07, 6.45) is -5.04. The molecule has 110 valence electrons. The molecule has 1 aromatic carbocycles. The van der Waals surface area contributed by atoms with Crippen molar-refractivity contribution in [3.05, 3.63) is 29.1 Å². The number of carbonyl (C=O) groups excluding carboxylic acids is 1. The molecule has 0 aliphatic carbocycles. The molecule has 0 heterocycles. The van der Waals surface area contributed by atoms with E-state index in [4.69, 9.17) is 5.11 Å². The lowest BCUT2D eigenvalue weighted by molar-refractivity contribution is -0.138. The van der Waals surface area contributed by atoms with E-state index in [9.17, 15) is 27.2 Å². The van der Waals surface area contributed by atoms with Gasteiger partial charge >= 0.3 is 12.1 Å². The normalized spacial score (nSPS) is 11.2. The zero-order valence-corrected chi connectivity index (χ0v) is 9.95. The molecule has 0 spiro atoms. The van der Waals surface area contributed by atoms with Crippen LogP contribution in [0.3, 0.4) is 0 Å². The number of alkyl halides is 3. The largest absolute Gasteiger partial charge is 0.475 e. The minimum absolute atomic E-state index is 0.269. The third-order valence-corrected chi connectivity index (χ3v) is 2.16. The highest BCUT2D eigenvalue weighted by Crippen LogP contribution is 2.37. The number of Topliss-reactive ketones (excluding diaryl/α,β-unsaturated/α-hetero) is 1.